The van der Waals surface area contributed by atoms with E-state index in [9.17, 15) is 29.4 Å². The van der Waals surface area contributed by atoms with Crippen LogP contribution in [0.3, 0.4) is 0 Å². The molecule has 11 nitrogen and oxygen atoms in total. The van der Waals surface area contributed by atoms with Crippen molar-refractivity contribution in [3.8, 4) is 0 Å². The average Bonchev–Trinajstić information content (AvgIpc) is 3.21. The summed E-state index contributed by atoms with van der Waals surface area (Å²) < 4.78 is 0. The molecule has 0 radical (unpaired) electrons. The van der Waals surface area contributed by atoms with Crippen LogP contribution in [0.15, 0.2) is 30.5 Å². The Hall–Kier alpha value is -2.74. The minimum Gasteiger partial charge on any atom is -0.480 e. The molecule has 34 heavy (non-hydrogen) atoms. The first kappa shape index (κ1) is 27.5. The number of thiol groups is 2. The Labute approximate surface area is 207 Å². The molecule has 5 atom stereocenters. The molecule has 8 N–H and O–H groups in total. The number of hydrogen-bond donors (Lipinski definition) is 9. The number of carboxylic acid groups (broad SMARTS) is 1. The number of carbonyl (C=O) groups excluding carboxylic acids is 3. The number of aliphatic carboxylic acids is 1. The fourth-order valence-electron chi connectivity index (χ4n) is 3.20. The van der Waals surface area contributed by atoms with Gasteiger partial charge in [-0.05, 0) is 18.6 Å². The molecule has 1 heterocycles. The van der Waals surface area contributed by atoms with Crippen LogP contribution >= 0.6 is 25.3 Å². The molecule has 0 fully saturated rings. The molecule has 0 saturated heterocycles. The zero-order valence-corrected chi connectivity index (χ0v) is 20.2. The lowest BCUT2D eigenvalue weighted by Crippen LogP contribution is -2.59. The summed E-state index contributed by atoms with van der Waals surface area (Å²) in [5.41, 5.74) is 7.33. The minimum absolute atomic E-state index is 0.0604. The molecule has 0 aliphatic rings. The molecule has 186 valence electrons. The molecule has 0 aliphatic carbocycles. The second-order valence-corrected chi connectivity index (χ2v) is 8.45. The van der Waals surface area contributed by atoms with Crippen LogP contribution in [-0.4, -0.2) is 80.7 Å². The molecule has 0 spiro atoms. The number of aromatic amines is 1. The number of nitrogens with one attached hydrogen (secondary N) is 4. The van der Waals surface area contributed by atoms with Gasteiger partial charge in [0.15, 0.2) is 6.04 Å². The summed E-state index contributed by atoms with van der Waals surface area (Å²) in [7, 11) is 0. The van der Waals surface area contributed by atoms with Gasteiger partial charge in [0.1, 0.15) is 12.1 Å². The van der Waals surface area contributed by atoms with E-state index in [0.29, 0.717) is 0 Å². The van der Waals surface area contributed by atoms with Crippen LogP contribution in [0, 0.1) is 0 Å². The molecule has 2 aromatic rings. The first-order valence-electron chi connectivity index (χ1n) is 10.4. The summed E-state index contributed by atoms with van der Waals surface area (Å²) in [4.78, 5) is 52.4. The first-order valence-corrected chi connectivity index (χ1v) is 11.7. The number of aliphatic hydroxyl groups excluding tert-OH is 1. The van der Waals surface area contributed by atoms with Crippen LogP contribution in [0.4, 0.5) is 0 Å². The van der Waals surface area contributed by atoms with E-state index >= 15 is 0 Å². The molecule has 0 aliphatic heterocycles. The van der Waals surface area contributed by atoms with E-state index in [2.05, 4.69) is 46.2 Å². The number of carbonyl (C=O) groups is 4. The number of H-pyrrole nitrogens is 1. The lowest BCUT2D eigenvalue weighted by Gasteiger charge is -2.25. The molecule has 1 aromatic heterocycles. The van der Waals surface area contributed by atoms with E-state index < -0.39 is 54.0 Å². The highest BCUT2D eigenvalue weighted by molar-refractivity contribution is 7.80. The van der Waals surface area contributed by atoms with E-state index in [-0.39, 0.29) is 17.9 Å². The fraction of sp³-hybridized carbons (Fsp3) is 0.429. The molecule has 1 aromatic carbocycles. The minimum atomic E-state index is -1.57. The normalized spacial score (nSPS) is 15.6. The van der Waals surface area contributed by atoms with E-state index in [1.807, 2.05) is 24.3 Å². The predicted octanol–water partition coefficient (Wildman–Crippen LogP) is -1.18. The maximum atomic E-state index is 13.1. The lowest BCUT2D eigenvalue weighted by atomic mass is 10.0. The van der Waals surface area contributed by atoms with Crippen molar-refractivity contribution in [3.05, 3.63) is 36.0 Å². The van der Waals surface area contributed by atoms with Crippen molar-refractivity contribution >= 4 is 59.9 Å². The van der Waals surface area contributed by atoms with Gasteiger partial charge < -0.3 is 36.9 Å². The maximum Gasteiger partial charge on any atom is 0.328 e. The van der Waals surface area contributed by atoms with Crippen LogP contribution in [0.25, 0.3) is 10.9 Å². The number of nitrogens with two attached hydrogens (primary N) is 1. The van der Waals surface area contributed by atoms with Crippen molar-refractivity contribution in [1.82, 2.24) is 20.9 Å². The van der Waals surface area contributed by atoms with Crippen molar-refractivity contribution in [2.24, 2.45) is 5.73 Å². The zero-order valence-electron chi connectivity index (χ0n) is 18.4. The number of aliphatic hydroxyl groups is 1. The van der Waals surface area contributed by atoms with Crippen molar-refractivity contribution in [3.63, 3.8) is 0 Å². The summed E-state index contributed by atoms with van der Waals surface area (Å²) >= 11 is 8.08. The Morgan fingerprint density at radius 1 is 1.00 bits per heavy atom. The fourth-order valence-corrected chi connectivity index (χ4v) is 3.62. The number of fused-ring (bicyclic) bond motifs is 1. The van der Waals surface area contributed by atoms with E-state index in [1.54, 1.807) is 6.20 Å². The Kier molecular flexibility index (Phi) is 10.2. The predicted molar refractivity (Wildman–Crippen MR) is 133 cm³/mol. The number of carboxylic acids is 1. The SMILES string of the molecule is CC(O)C(NC(=O)C(CS)NC(=O)C(Cc1c[nH]c2ccccc12)NC(=O)C(N)CS)C(=O)O. The van der Waals surface area contributed by atoms with Crippen LogP contribution < -0.4 is 21.7 Å². The van der Waals surface area contributed by atoms with E-state index in [0.717, 1.165) is 16.5 Å². The molecular formula is C21H29N5O6S2. The summed E-state index contributed by atoms with van der Waals surface area (Å²) in [6.45, 7) is 1.21. The van der Waals surface area contributed by atoms with Gasteiger partial charge in [-0.3, -0.25) is 14.4 Å². The maximum absolute atomic E-state index is 13.1. The van der Waals surface area contributed by atoms with Gasteiger partial charge in [-0.1, -0.05) is 18.2 Å². The third kappa shape index (κ3) is 7.13. The highest BCUT2D eigenvalue weighted by atomic mass is 32.1. The Bertz CT molecular complexity index is 1030. The van der Waals surface area contributed by atoms with Crippen molar-refractivity contribution in [2.45, 2.75) is 43.6 Å². The van der Waals surface area contributed by atoms with Gasteiger partial charge in [0.2, 0.25) is 17.7 Å². The molecule has 0 saturated carbocycles. The molecule has 2 rings (SSSR count). The van der Waals surface area contributed by atoms with Crippen molar-refractivity contribution in [2.75, 3.05) is 11.5 Å². The summed E-state index contributed by atoms with van der Waals surface area (Å²) in [5.74, 6) is -3.66. The zero-order chi connectivity index (χ0) is 25.4. The van der Waals surface area contributed by atoms with Crippen LogP contribution in [0.5, 0.6) is 0 Å². The number of benzene rings is 1. The second kappa shape index (κ2) is 12.6. The largest absolute Gasteiger partial charge is 0.480 e. The Morgan fingerprint density at radius 2 is 1.62 bits per heavy atom. The quantitative estimate of drug-likeness (QED) is 0.160. The Morgan fingerprint density at radius 3 is 2.21 bits per heavy atom. The smallest absolute Gasteiger partial charge is 0.328 e. The number of amides is 3. The van der Waals surface area contributed by atoms with Crippen molar-refractivity contribution < 1.29 is 29.4 Å². The number of para-hydroxylation sites is 1. The third-order valence-corrected chi connectivity index (χ3v) is 5.89. The monoisotopic (exact) mass is 511 g/mol. The van der Waals surface area contributed by atoms with Gasteiger partial charge in [-0.2, -0.15) is 25.3 Å². The first-order chi connectivity index (χ1) is 16.1. The van der Waals surface area contributed by atoms with Gasteiger partial charge >= 0.3 is 5.97 Å². The highest BCUT2D eigenvalue weighted by Crippen LogP contribution is 2.19. The standard InChI is InChI=1S/C21H29N5O6S2/c1-10(27)17(21(31)32)26-20(30)16(9-34)25-19(29)15(24-18(28)13(22)8-33)6-11-7-23-14-5-3-2-4-12(11)14/h2-5,7,10,13,15-17,23,27,33-34H,6,8-9,22H2,1H3,(H,24,28)(H,25,29)(H,26,30)(H,31,32). The average molecular weight is 512 g/mol. The second-order valence-electron chi connectivity index (χ2n) is 7.72. The van der Waals surface area contributed by atoms with Gasteiger partial charge in [0.25, 0.3) is 0 Å². The van der Waals surface area contributed by atoms with Gasteiger partial charge in [-0.25, -0.2) is 4.79 Å². The van der Waals surface area contributed by atoms with Crippen LogP contribution in [0.2, 0.25) is 0 Å². The van der Waals surface area contributed by atoms with Gasteiger partial charge in [0, 0.05) is 35.0 Å². The summed E-state index contributed by atoms with van der Waals surface area (Å²) in [6.07, 6.45) is 0.445. The number of rotatable bonds is 12. The van der Waals surface area contributed by atoms with E-state index in [1.165, 1.54) is 6.92 Å². The van der Waals surface area contributed by atoms with Crippen LogP contribution in [-0.2, 0) is 25.6 Å². The van der Waals surface area contributed by atoms with Gasteiger partial charge in [0.05, 0.1) is 12.1 Å². The summed E-state index contributed by atoms with van der Waals surface area (Å²) in [6, 6.07) is 2.59. The number of aromatic nitrogens is 1. The molecule has 3 amide bonds. The van der Waals surface area contributed by atoms with Gasteiger partial charge in [-0.15, -0.1) is 0 Å². The molecule has 0 bridgehead atoms. The third-order valence-electron chi connectivity index (χ3n) is 5.13. The highest BCUT2D eigenvalue weighted by Gasteiger charge is 2.31. The summed E-state index contributed by atoms with van der Waals surface area (Å²) in [5, 5.41) is 26.9. The molecule has 13 heteroatoms. The molecule has 5 unspecified atom stereocenters. The Balaban J connectivity index is 2.22. The lowest BCUT2D eigenvalue weighted by molar-refractivity contribution is -0.145. The van der Waals surface area contributed by atoms with Crippen LogP contribution in [0.1, 0.15) is 12.5 Å². The van der Waals surface area contributed by atoms with Crippen molar-refractivity contribution in [1.29, 1.82) is 0 Å². The van der Waals surface area contributed by atoms with E-state index in [4.69, 9.17) is 5.73 Å². The number of hydrogen-bond acceptors (Lipinski definition) is 8. The molecular weight excluding hydrogens is 482 g/mol. The topological polar surface area (TPSA) is 187 Å².